The maximum absolute atomic E-state index is 11.6. The minimum Gasteiger partial charge on any atom is -0.501 e. The van der Waals surface area contributed by atoms with Crippen molar-refractivity contribution in [1.29, 1.82) is 0 Å². The SMILES string of the molecule is CCO/C=C/C(=O)Cc1ccc(Br)c(OC)c1. The highest BCUT2D eigenvalue weighted by Crippen LogP contribution is 2.25. The van der Waals surface area contributed by atoms with Crippen LogP contribution < -0.4 is 4.74 Å². The van der Waals surface area contributed by atoms with Gasteiger partial charge in [-0.3, -0.25) is 4.79 Å². The minimum absolute atomic E-state index is 0.00262. The summed E-state index contributed by atoms with van der Waals surface area (Å²) in [5, 5.41) is 0. The second-order valence-corrected chi connectivity index (χ2v) is 4.22. The third kappa shape index (κ3) is 4.61. The highest BCUT2D eigenvalue weighted by Gasteiger charge is 2.04. The summed E-state index contributed by atoms with van der Waals surface area (Å²) in [4.78, 5) is 11.6. The molecule has 0 unspecified atom stereocenters. The van der Waals surface area contributed by atoms with Crippen LogP contribution in [0.3, 0.4) is 0 Å². The number of ether oxygens (including phenoxy) is 2. The number of hydrogen-bond donors (Lipinski definition) is 0. The van der Waals surface area contributed by atoms with Crippen molar-refractivity contribution in [2.75, 3.05) is 13.7 Å². The predicted molar refractivity (Wildman–Crippen MR) is 70.2 cm³/mol. The van der Waals surface area contributed by atoms with Gasteiger partial charge < -0.3 is 9.47 Å². The van der Waals surface area contributed by atoms with E-state index in [2.05, 4.69) is 15.9 Å². The molecular formula is C13H15BrO3. The van der Waals surface area contributed by atoms with Crippen LogP contribution in [0.2, 0.25) is 0 Å². The van der Waals surface area contributed by atoms with Gasteiger partial charge in [0.05, 0.1) is 24.5 Å². The lowest BCUT2D eigenvalue weighted by molar-refractivity contribution is -0.114. The number of carbonyl (C=O) groups excluding carboxylic acids is 1. The summed E-state index contributed by atoms with van der Waals surface area (Å²) in [6.07, 6.45) is 3.21. The molecule has 0 spiro atoms. The van der Waals surface area contributed by atoms with E-state index >= 15 is 0 Å². The number of rotatable bonds is 6. The quantitative estimate of drug-likeness (QED) is 0.598. The van der Waals surface area contributed by atoms with Gasteiger partial charge in [-0.2, -0.15) is 0 Å². The summed E-state index contributed by atoms with van der Waals surface area (Å²) in [7, 11) is 1.60. The molecule has 0 radical (unpaired) electrons. The lowest BCUT2D eigenvalue weighted by Gasteiger charge is -2.05. The average Bonchev–Trinajstić information content (AvgIpc) is 2.32. The molecule has 0 atom stereocenters. The van der Waals surface area contributed by atoms with Crippen LogP contribution in [0, 0.1) is 0 Å². The molecule has 0 aliphatic heterocycles. The first-order valence-electron chi connectivity index (χ1n) is 5.30. The molecule has 17 heavy (non-hydrogen) atoms. The summed E-state index contributed by atoms with van der Waals surface area (Å²) in [5.41, 5.74) is 0.913. The molecule has 0 fully saturated rings. The van der Waals surface area contributed by atoms with Gasteiger partial charge in [-0.15, -0.1) is 0 Å². The zero-order chi connectivity index (χ0) is 12.7. The van der Waals surface area contributed by atoms with Crippen molar-refractivity contribution in [3.05, 3.63) is 40.6 Å². The summed E-state index contributed by atoms with van der Waals surface area (Å²) in [6.45, 7) is 2.43. The van der Waals surface area contributed by atoms with Gasteiger partial charge in [0.15, 0.2) is 5.78 Å². The summed E-state index contributed by atoms with van der Waals surface area (Å²) < 4.78 is 11.0. The standard InChI is InChI=1S/C13H15BrO3/c1-3-17-7-6-11(15)8-10-4-5-12(14)13(9-10)16-2/h4-7,9H,3,8H2,1-2H3/b7-6+. The molecule has 0 N–H and O–H groups in total. The summed E-state index contributed by atoms with van der Waals surface area (Å²) in [5.74, 6) is 0.729. The number of allylic oxidation sites excluding steroid dienone is 1. The first-order valence-corrected chi connectivity index (χ1v) is 6.10. The van der Waals surface area contributed by atoms with Crippen molar-refractivity contribution >= 4 is 21.7 Å². The Balaban J connectivity index is 2.65. The molecule has 1 rings (SSSR count). The van der Waals surface area contributed by atoms with Crippen LogP contribution in [0.5, 0.6) is 5.75 Å². The van der Waals surface area contributed by atoms with Gasteiger partial charge in [0, 0.05) is 12.5 Å². The fourth-order valence-electron chi connectivity index (χ4n) is 1.29. The molecule has 0 saturated heterocycles. The highest BCUT2D eigenvalue weighted by molar-refractivity contribution is 9.10. The Morgan fingerprint density at radius 3 is 2.88 bits per heavy atom. The van der Waals surface area contributed by atoms with Gasteiger partial charge in [0.1, 0.15) is 5.75 Å². The number of hydrogen-bond acceptors (Lipinski definition) is 3. The molecule has 0 bridgehead atoms. The van der Waals surface area contributed by atoms with E-state index in [1.807, 2.05) is 25.1 Å². The average molecular weight is 299 g/mol. The molecule has 1 aromatic carbocycles. The van der Waals surface area contributed by atoms with Crippen molar-refractivity contribution in [2.24, 2.45) is 0 Å². The maximum atomic E-state index is 11.6. The van der Waals surface area contributed by atoms with Gasteiger partial charge in [0.2, 0.25) is 0 Å². The maximum Gasteiger partial charge on any atom is 0.163 e. The number of methoxy groups -OCH3 is 1. The van der Waals surface area contributed by atoms with Gasteiger partial charge in [0.25, 0.3) is 0 Å². The molecule has 4 heteroatoms. The van der Waals surface area contributed by atoms with Crippen LogP contribution >= 0.6 is 15.9 Å². The molecule has 0 aliphatic carbocycles. The highest BCUT2D eigenvalue weighted by atomic mass is 79.9. The number of halogens is 1. The van der Waals surface area contributed by atoms with Crippen LogP contribution in [0.15, 0.2) is 35.0 Å². The lowest BCUT2D eigenvalue weighted by Crippen LogP contribution is -1.99. The number of carbonyl (C=O) groups is 1. The molecule has 0 amide bonds. The number of ketones is 1. The Morgan fingerprint density at radius 2 is 2.24 bits per heavy atom. The van der Waals surface area contributed by atoms with Crippen molar-refractivity contribution in [3.8, 4) is 5.75 Å². The molecule has 92 valence electrons. The largest absolute Gasteiger partial charge is 0.501 e. The second kappa shape index (κ2) is 7.12. The van der Waals surface area contributed by atoms with E-state index in [9.17, 15) is 4.79 Å². The Morgan fingerprint density at radius 1 is 1.47 bits per heavy atom. The van der Waals surface area contributed by atoms with Crippen molar-refractivity contribution in [1.82, 2.24) is 0 Å². The fourth-order valence-corrected chi connectivity index (χ4v) is 1.70. The van der Waals surface area contributed by atoms with E-state index in [0.29, 0.717) is 13.0 Å². The topological polar surface area (TPSA) is 35.5 Å². The molecule has 1 aromatic rings. The zero-order valence-corrected chi connectivity index (χ0v) is 11.5. The Labute approximate surface area is 110 Å². The van der Waals surface area contributed by atoms with Crippen LogP contribution in [0.1, 0.15) is 12.5 Å². The molecule has 0 aromatic heterocycles. The van der Waals surface area contributed by atoms with E-state index in [1.54, 1.807) is 7.11 Å². The number of benzene rings is 1. The van der Waals surface area contributed by atoms with E-state index < -0.39 is 0 Å². The van der Waals surface area contributed by atoms with Crippen molar-refractivity contribution in [3.63, 3.8) is 0 Å². The first-order chi connectivity index (χ1) is 8.17. The lowest BCUT2D eigenvalue weighted by atomic mass is 10.1. The monoisotopic (exact) mass is 298 g/mol. The van der Waals surface area contributed by atoms with E-state index in [1.165, 1.54) is 12.3 Å². The molecular weight excluding hydrogens is 284 g/mol. The van der Waals surface area contributed by atoms with E-state index in [-0.39, 0.29) is 5.78 Å². The summed E-state index contributed by atoms with van der Waals surface area (Å²) >= 11 is 3.36. The molecule has 0 saturated carbocycles. The zero-order valence-electron chi connectivity index (χ0n) is 9.90. The second-order valence-electron chi connectivity index (χ2n) is 3.37. The smallest absolute Gasteiger partial charge is 0.163 e. The molecule has 3 nitrogen and oxygen atoms in total. The molecule has 0 aliphatic rings. The normalized spacial score (nSPS) is 10.5. The molecule has 0 heterocycles. The van der Waals surface area contributed by atoms with Crippen molar-refractivity contribution < 1.29 is 14.3 Å². The van der Waals surface area contributed by atoms with Crippen LogP contribution in [-0.4, -0.2) is 19.5 Å². The van der Waals surface area contributed by atoms with Gasteiger partial charge in [-0.1, -0.05) is 6.07 Å². The van der Waals surface area contributed by atoms with Gasteiger partial charge >= 0.3 is 0 Å². The van der Waals surface area contributed by atoms with Crippen LogP contribution in [0.4, 0.5) is 0 Å². The van der Waals surface area contributed by atoms with Gasteiger partial charge in [-0.25, -0.2) is 0 Å². The van der Waals surface area contributed by atoms with Gasteiger partial charge in [-0.05, 0) is 40.5 Å². The predicted octanol–water partition coefficient (Wildman–Crippen LogP) is 3.12. The third-order valence-electron chi connectivity index (χ3n) is 2.11. The van der Waals surface area contributed by atoms with Crippen molar-refractivity contribution in [2.45, 2.75) is 13.3 Å². The Kier molecular flexibility index (Phi) is 5.77. The Bertz CT molecular complexity index is 413. The minimum atomic E-state index is 0.00262. The fraction of sp³-hybridized carbons (Fsp3) is 0.308. The third-order valence-corrected chi connectivity index (χ3v) is 2.77. The van der Waals surface area contributed by atoms with E-state index in [0.717, 1.165) is 15.8 Å². The van der Waals surface area contributed by atoms with Crippen LogP contribution in [0.25, 0.3) is 0 Å². The van der Waals surface area contributed by atoms with Crippen LogP contribution in [-0.2, 0) is 16.0 Å². The first kappa shape index (κ1) is 13.8. The summed E-state index contributed by atoms with van der Waals surface area (Å²) in [6, 6.07) is 5.60. The Hall–Kier alpha value is -1.29. The van der Waals surface area contributed by atoms with E-state index in [4.69, 9.17) is 9.47 Å².